The molecule has 0 bridgehead atoms. The Kier molecular flexibility index (Phi) is 7.63. The van der Waals surface area contributed by atoms with Crippen molar-refractivity contribution in [2.24, 2.45) is 0 Å². The van der Waals surface area contributed by atoms with Crippen LogP contribution in [0.1, 0.15) is 24.2 Å². The molecule has 1 aliphatic heterocycles. The summed E-state index contributed by atoms with van der Waals surface area (Å²) in [6, 6.07) is 15.2. The number of hydrogen-bond acceptors (Lipinski definition) is 3. The Hall–Kier alpha value is -4.02. The summed E-state index contributed by atoms with van der Waals surface area (Å²) >= 11 is 0. The van der Waals surface area contributed by atoms with Crippen LogP contribution in [0.2, 0.25) is 0 Å². The molecule has 2 aromatic carbocycles. The normalized spacial score (nSPS) is 13.1. The summed E-state index contributed by atoms with van der Waals surface area (Å²) in [7, 11) is 0. The van der Waals surface area contributed by atoms with Gasteiger partial charge in [-0.2, -0.15) is 26.3 Å². The summed E-state index contributed by atoms with van der Waals surface area (Å²) in [5.74, 6) is -1.03. The Bertz CT molecular complexity index is 1560. The monoisotopic (exact) mass is 551 g/mol. The maximum atomic E-state index is 13.2. The number of carboxylic acid groups (broad SMARTS) is 1. The highest BCUT2D eigenvalue weighted by atomic mass is 19.4. The zero-order valence-corrected chi connectivity index (χ0v) is 21.0. The second-order valence-electron chi connectivity index (χ2n) is 8.95. The smallest absolute Gasteiger partial charge is 0.448 e. The van der Waals surface area contributed by atoms with Gasteiger partial charge in [0, 0.05) is 40.9 Å². The minimum Gasteiger partial charge on any atom is -0.478 e. The van der Waals surface area contributed by atoms with Crippen LogP contribution in [0.25, 0.3) is 33.4 Å². The average molecular weight is 552 g/mol. The zero-order chi connectivity index (χ0) is 28.5. The fourth-order valence-corrected chi connectivity index (χ4v) is 4.64. The molecule has 5 nitrogen and oxygen atoms in total. The standard InChI is InChI=1S/C28H24F6N2O3/c1-3-35(15-27(29,30)31)17-9-11-21-23(13-17)39-24-14-18(36(4-2)16-28(32,33)34)10-12-22(24)25(21)19-7-5-6-8-20(19)26(37)38/h5-14H,3-4,15-16H2,1-2H3/p+1. The van der Waals surface area contributed by atoms with Crippen molar-refractivity contribution in [3.05, 3.63) is 71.6 Å². The van der Waals surface area contributed by atoms with Crippen LogP contribution in [0.4, 0.5) is 32.0 Å². The number of carbonyl (C=O) groups is 1. The Morgan fingerprint density at radius 3 is 2.26 bits per heavy atom. The molecule has 2 aromatic rings. The van der Waals surface area contributed by atoms with Crippen molar-refractivity contribution >= 4 is 22.6 Å². The minimum absolute atomic E-state index is 0.0148. The van der Waals surface area contributed by atoms with Crippen molar-refractivity contribution in [2.75, 3.05) is 31.1 Å². The summed E-state index contributed by atoms with van der Waals surface area (Å²) in [4.78, 5) is 13.2. The minimum atomic E-state index is -4.45. The van der Waals surface area contributed by atoms with E-state index < -0.39 is 31.4 Å². The third-order valence-electron chi connectivity index (χ3n) is 6.35. The van der Waals surface area contributed by atoms with Crippen LogP contribution in [-0.4, -0.2) is 49.6 Å². The Morgan fingerprint density at radius 2 is 1.64 bits per heavy atom. The van der Waals surface area contributed by atoms with Gasteiger partial charge in [0.2, 0.25) is 11.9 Å². The molecule has 0 saturated carbocycles. The number of carboxylic acids is 1. The van der Waals surface area contributed by atoms with E-state index in [0.717, 1.165) is 9.48 Å². The van der Waals surface area contributed by atoms with Gasteiger partial charge in [-0.15, -0.1) is 0 Å². The molecule has 2 aliphatic rings. The Morgan fingerprint density at radius 1 is 0.923 bits per heavy atom. The highest BCUT2D eigenvalue weighted by Gasteiger charge is 2.34. The molecule has 0 amide bonds. The molecular formula is C28H25F6N2O3+. The first-order valence-electron chi connectivity index (χ1n) is 12.1. The van der Waals surface area contributed by atoms with E-state index in [-0.39, 0.29) is 41.0 Å². The van der Waals surface area contributed by atoms with Crippen LogP contribution in [0.5, 0.6) is 0 Å². The van der Waals surface area contributed by atoms with Crippen molar-refractivity contribution in [1.82, 2.24) is 4.58 Å². The molecule has 4 rings (SSSR count). The van der Waals surface area contributed by atoms with Gasteiger partial charge in [-0.1, -0.05) is 18.2 Å². The highest BCUT2D eigenvalue weighted by Crippen LogP contribution is 2.42. The van der Waals surface area contributed by atoms with E-state index in [1.165, 1.54) is 30.3 Å². The molecule has 1 heterocycles. The highest BCUT2D eigenvalue weighted by molar-refractivity contribution is 6.07. The first kappa shape index (κ1) is 28.0. The number of anilines is 1. The second kappa shape index (κ2) is 10.6. The molecule has 0 spiro atoms. The molecule has 11 heteroatoms. The molecular weight excluding hydrogens is 526 g/mol. The number of fused-ring (bicyclic) bond motifs is 2. The van der Waals surface area contributed by atoms with Gasteiger partial charge >= 0.3 is 18.3 Å². The van der Waals surface area contributed by atoms with Crippen molar-refractivity contribution < 1.29 is 40.7 Å². The molecule has 39 heavy (non-hydrogen) atoms. The Labute approximate surface area is 219 Å². The van der Waals surface area contributed by atoms with Crippen LogP contribution in [0, 0.1) is 0 Å². The predicted octanol–water partition coefficient (Wildman–Crippen LogP) is 6.65. The molecule has 1 N–H and O–H groups in total. The zero-order valence-electron chi connectivity index (χ0n) is 21.0. The predicted molar refractivity (Wildman–Crippen MR) is 136 cm³/mol. The van der Waals surface area contributed by atoms with Gasteiger partial charge in [-0.3, -0.25) is 0 Å². The van der Waals surface area contributed by atoms with E-state index in [0.29, 0.717) is 22.1 Å². The third kappa shape index (κ3) is 6.18. The molecule has 0 atom stereocenters. The van der Waals surface area contributed by atoms with Crippen molar-refractivity contribution in [1.29, 1.82) is 0 Å². The molecule has 0 aromatic heterocycles. The van der Waals surface area contributed by atoms with Gasteiger partial charge in [0.05, 0.1) is 11.6 Å². The quantitative estimate of drug-likeness (QED) is 0.159. The third-order valence-corrected chi connectivity index (χ3v) is 6.35. The van der Waals surface area contributed by atoms with E-state index in [1.54, 1.807) is 44.2 Å². The van der Waals surface area contributed by atoms with Gasteiger partial charge < -0.3 is 14.4 Å². The fourth-order valence-electron chi connectivity index (χ4n) is 4.64. The van der Waals surface area contributed by atoms with E-state index in [4.69, 9.17) is 4.42 Å². The number of hydrogen-bond donors (Lipinski definition) is 1. The number of aromatic carboxylic acids is 1. The van der Waals surface area contributed by atoms with E-state index in [1.807, 2.05) is 0 Å². The Balaban J connectivity index is 2.07. The first-order chi connectivity index (χ1) is 18.3. The molecule has 0 radical (unpaired) electrons. The lowest BCUT2D eigenvalue weighted by Crippen LogP contribution is -2.37. The van der Waals surface area contributed by atoms with Crippen molar-refractivity contribution in [3.63, 3.8) is 0 Å². The summed E-state index contributed by atoms with van der Waals surface area (Å²) in [5, 5.41) is 10.5. The number of alkyl halides is 6. The van der Waals surface area contributed by atoms with Crippen LogP contribution < -0.4 is 14.8 Å². The number of halogens is 6. The van der Waals surface area contributed by atoms with Gasteiger partial charge in [-0.05, 0) is 43.7 Å². The molecule has 0 unspecified atom stereocenters. The summed E-state index contributed by atoms with van der Waals surface area (Å²) in [6.45, 7) is 0.887. The van der Waals surface area contributed by atoms with Gasteiger partial charge in [0.15, 0.2) is 0 Å². The van der Waals surface area contributed by atoms with Gasteiger partial charge in [0.25, 0.3) is 0 Å². The van der Waals surface area contributed by atoms with Gasteiger partial charge in [-0.25, -0.2) is 9.37 Å². The number of rotatable bonds is 7. The largest absolute Gasteiger partial charge is 0.478 e. The lowest BCUT2D eigenvalue weighted by molar-refractivity contribution is -0.128. The van der Waals surface area contributed by atoms with Crippen molar-refractivity contribution in [3.8, 4) is 22.5 Å². The fraction of sp³-hybridized carbons (Fsp3) is 0.286. The average Bonchev–Trinajstić information content (AvgIpc) is 2.87. The summed E-state index contributed by atoms with van der Waals surface area (Å²) in [5.41, 5.74) is 1.59. The maximum absolute atomic E-state index is 13.2. The van der Waals surface area contributed by atoms with E-state index in [9.17, 15) is 36.2 Å². The number of benzene rings is 3. The SMILES string of the molecule is CCN(CC(F)(F)F)c1ccc2c(-c3ccccc3C(=O)O)c3ccc(=[N+](CC)CC(F)(F)F)cc-3oc2c1. The lowest BCUT2D eigenvalue weighted by Gasteiger charge is -2.25. The molecule has 0 saturated heterocycles. The summed E-state index contributed by atoms with van der Waals surface area (Å²) < 4.78 is 86.2. The maximum Gasteiger partial charge on any atom is 0.448 e. The topological polar surface area (TPSA) is 56.7 Å². The van der Waals surface area contributed by atoms with E-state index in [2.05, 4.69) is 0 Å². The summed E-state index contributed by atoms with van der Waals surface area (Å²) in [6.07, 6.45) is -8.90. The molecule has 206 valence electrons. The van der Waals surface area contributed by atoms with E-state index >= 15 is 0 Å². The van der Waals surface area contributed by atoms with Crippen LogP contribution in [0.15, 0.2) is 65.1 Å². The van der Waals surface area contributed by atoms with Crippen molar-refractivity contribution in [2.45, 2.75) is 26.2 Å². The van der Waals surface area contributed by atoms with Crippen LogP contribution >= 0.6 is 0 Å². The second-order valence-corrected chi connectivity index (χ2v) is 8.95. The van der Waals surface area contributed by atoms with Gasteiger partial charge in [0.1, 0.15) is 24.4 Å². The number of nitrogens with zero attached hydrogens (tertiary/aromatic N) is 2. The van der Waals surface area contributed by atoms with Crippen LogP contribution in [0.3, 0.4) is 0 Å². The van der Waals surface area contributed by atoms with Crippen LogP contribution in [-0.2, 0) is 0 Å². The first-order valence-corrected chi connectivity index (χ1v) is 12.1. The lowest BCUT2D eigenvalue weighted by atomic mass is 9.90. The molecule has 0 fully saturated rings. The molecule has 1 aliphatic carbocycles.